The molecule has 16 heavy (non-hydrogen) atoms. The van der Waals surface area contributed by atoms with E-state index in [1.165, 1.54) is 12.0 Å². The van der Waals surface area contributed by atoms with Gasteiger partial charge in [-0.15, -0.1) is 0 Å². The Morgan fingerprint density at radius 1 is 1.50 bits per heavy atom. The zero-order valence-electron chi connectivity index (χ0n) is 9.35. The van der Waals surface area contributed by atoms with E-state index in [2.05, 4.69) is 13.0 Å². The van der Waals surface area contributed by atoms with Crippen molar-refractivity contribution in [2.24, 2.45) is 0 Å². The molecule has 0 bridgehead atoms. The second-order valence-corrected chi connectivity index (χ2v) is 4.57. The normalized spacial score (nSPS) is 10.8. The Kier molecular flexibility index (Phi) is 5.72. The third-order valence-corrected chi connectivity index (χ3v) is 3.22. The molecule has 1 N–H and O–H groups in total. The molecule has 2 nitrogen and oxygen atoms in total. The summed E-state index contributed by atoms with van der Waals surface area (Å²) in [6.07, 6.45) is 3.97. The average molecular weight is 236 g/mol. The summed E-state index contributed by atoms with van der Waals surface area (Å²) < 4.78 is 0. The smallest absolute Gasteiger partial charge is 0.328 e. The molecule has 86 valence electrons. The van der Waals surface area contributed by atoms with Gasteiger partial charge in [-0.05, 0) is 29.4 Å². The van der Waals surface area contributed by atoms with Gasteiger partial charge in [-0.1, -0.05) is 31.2 Å². The Morgan fingerprint density at radius 3 is 3.00 bits per heavy atom. The van der Waals surface area contributed by atoms with Crippen molar-refractivity contribution in [2.75, 3.05) is 5.75 Å². The number of benzene rings is 1. The Hall–Kier alpha value is -1.22. The molecule has 1 aromatic rings. The first-order valence-corrected chi connectivity index (χ1v) is 6.45. The van der Waals surface area contributed by atoms with Crippen LogP contribution in [0.5, 0.6) is 0 Å². The Balaban J connectivity index is 2.60. The molecule has 0 saturated heterocycles. The van der Waals surface area contributed by atoms with Crippen LogP contribution in [0.15, 0.2) is 30.3 Å². The van der Waals surface area contributed by atoms with Crippen LogP contribution in [-0.4, -0.2) is 16.8 Å². The largest absolute Gasteiger partial charge is 0.478 e. The molecular formula is C13H16O2S. The first kappa shape index (κ1) is 12.8. The summed E-state index contributed by atoms with van der Waals surface area (Å²) in [7, 11) is 0. The van der Waals surface area contributed by atoms with Gasteiger partial charge in [0.15, 0.2) is 0 Å². The van der Waals surface area contributed by atoms with Gasteiger partial charge < -0.3 is 5.11 Å². The molecule has 0 unspecified atom stereocenters. The van der Waals surface area contributed by atoms with E-state index in [1.807, 2.05) is 30.0 Å². The molecule has 0 aromatic heterocycles. The van der Waals surface area contributed by atoms with Gasteiger partial charge in [0.2, 0.25) is 0 Å². The fraction of sp³-hybridized carbons (Fsp3) is 0.308. The van der Waals surface area contributed by atoms with E-state index in [0.29, 0.717) is 0 Å². The maximum Gasteiger partial charge on any atom is 0.328 e. The first-order chi connectivity index (χ1) is 7.72. The highest BCUT2D eigenvalue weighted by Crippen LogP contribution is 2.15. The van der Waals surface area contributed by atoms with E-state index in [0.717, 1.165) is 23.1 Å². The highest BCUT2D eigenvalue weighted by atomic mass is 32.2. The fourth-order valence-corrected chi connectivity index (χ4v) is 2.14. The lowest BCUT2D eigenvalue weighted by Crippen LogP contribution is -1.87. The Morgan fingerprint density at radius 2 is 2.31 bits per heavy atom. The number of aliphatic carboxylic acids is 1. The van der Waals surface area contributed by atoms with E-state index in [4.69, 9.17) is 5.11 Å². The summed E-state index contributed by atoms with van der Waals surface area (Å²) in [5.41, 5.74) is 2.18. The monoisotopic (exact) mass is 236 g/mol. The number of hydrogen-bond acceptors (Lipinski definition) is 2. The standard InChI is InChI=1S/C13H16O2S/c1-2-8-16-10-12-5-3-4-11(9-12)6-7-13(14)15/h3-7,9H,2,8,10H2,1H3,(H,14,15). The summed E-state index contributed by atoms with van der Waals surface area (Å²) in [6, 6.07) is 7.97. The highest BCUT2D eigenvalue weighted by molar-refractivity contribution is 7.98. The molecule has 3 heteroatoms. The van der Waals surface area contributed by atoms with Crippen LogP contribution in [0.4, 0.5) is 0 Å². The van der Waals surface area contributed by atoms with Gasteiger partial charge in [-0.2, -0.15) is 11.8 Å². The summed E-state index contributed by atoms with van der Waals surface area (Å²) >= 11 is 1.90. The van der Waals surface area contributed by atoms with Crippen LogP contribution in [0.3, 0.4) is 0 Å². The zero-order valence-corrected chi connectivity index (χ0v) is 10.2. The summed E-state index contributed by atoms with van der Waals surface area (Å²) in [5.74, 6) is 1.24. The van der Waals surface area contributed by atoms with Crippen LogP contribution in [0.1, 0.15) is 24.5 Å². The van der Waals surface area contributed by atoms with Gasteiger partial charge >= 0.3 is 5.97 Å². The van der Waals surface area contributed by atoms with E-state index in [-0.39, 0.29) is 0 Å². The molecule has 0 heterocycles. The third-order valence-electron chi connectivity index (χ3n) is 1.99. The number of hydrogen-bond donors (Lipinski definition) is 1. The minimum Gasteiger partial charge on any atom is -0.478 e. The van der Waals surface area contributed by atoms with Crippen LogP contribution in [0.25, 0.3) is 6.08 Å². The van der Waals surface area contributed by atoms with Crippen molar-refractivity contribution in [3.8, 4) is 0 Å². The molecule has 0 spiro atoms. The molecule has 1 aromatic carbocycles. The number of thioether (sulfide) groups is 1. The van der Waals surface area contributed by atoms with Crippen molar-refractivity contribution in [1.29, 1.82) is 0 Å². The van der Waals surface area contributed by atoms with Crippen LogP contribution in [0, 0.1) is 0 Å². The fourth-order valence-electron chi connectivity index (χ4n) is 1.29. The van der Waals surface area contributed by atoms with Crippen LogP contribution >= 0.6 is 11.8 Å². The second-order valence-electron chi connectivity index (χ2n) is 3.47. The lowest BCUT2D eigenvalue weighted by atomic mass is 10.1. The van der Waals surface area contributed by atoms with E-state index < -0.39 is 5.97 Å². The molecule has 0 fully saturated rings. The summed E-state index contributed by atoms with van der Waals surface area (Å²) in [4.78, 5) is 10.4. The van der Waals surface area contributed by atoms with E-state index in [1.54, 1.807) is 6.08 Å². The van der Waals surface area contributed by atoms with Gasteiger partial charge in [0.25, 0.3) is 0 Å². The van der Waals surface area contributed by atoms with Crippen molar-refractivity contribution < 1.29 is 9.90 Å². The van der Waals surface area contributed by atoms with Crippen molar-refractivity contribution in [3.05, 3.63) is 41.5 Å². The third kappa shape index (κ3) is 5.03. The summed E-state index contributed by atoms with van der Waals surface area (Å²) in [6.45, 7) is 2.17. The van der Waals surface area contributed by atoms with Crippen molar-refractivity contribution >= 4 is 23.8 Å². The minimum atomic E-state index is -0.911. The van der Waals surface area contributed by atoms with Gasteiger partial charge in [0.1, 0.15) is 0 Å². The predicted molar refractivity (Wildman–Crippen MR) is 69.6 cm³/mol. The lowest BCUT2D eigenvalue weighted by molar-refractivity contribution is -0.131. The number of carboxylic acids is 1. The Labute approximate surface area is 100 Å². The molecule has 0 radical (unpaired) electrons. The number of carboxylic acid groups (broad SMARTS) is 1. The number of carbonyl (C=O) groups is 1. The van der Waals surface area contributed by atoms with E-state index >= 15 is 0 Å². The van der Waals surface area contributed by atoms with Crippen molar-refractivity contribution in [1.82, 2.24) is 0 Å². The Bertz CT molecular complexity index is 372. The van der Waals surface area contributed by atoms with Gasteiger partial charge in [-0.3, -0.25) is 0 Å². The lowest BCUT2D eigenvalue weighted by Gasteiger charge is -2.01. The minimum absolute atomic E-state index is 0.911. The predicted octanol–water partition coefficient (Wildman–Crippen LogP) is 3.43. The maximum absolute atomic E-state index is 10.4. The van der Waals surface area contributed by atoms with Crippen LogP contribution in [0.2, 0.25) is 0 Å². The number of rotatable bonds is 6. The zero-order chi connectivity index (χ0) is 11.8. The second kappa shape index (κ2) is 7.12. The van der Waals surface area contributed by atoms with Crippen molar-refractivity contribution in [3.63, 3.8) is 0 Å². The van der Waals surface area contributed by atoms with Crippen molar-refractivity contribution in [2.45, 2.75) is 19.1 Å². The average Bonchev–Trinajstić information content (AvgIpc) is 2.27. The topological polar surface area (TPSA) is 37.3 Å². The molecule has 0 saturated carbocycles. The molecule has 0 amide bonds. The van der Waals surface area contributed by atoms with Crippen LogP contribution in [-0.2, 0) is 10.5 Å². The van der Waals surface area contributed by atoms with E-state index in [9.17, 15) is 4.79 Å². The van der Waals surface area contributed by atoms with Gasteiger partial charge in [0.05, 0.1) is 0 Å². The molecular weight excluding hydrogens is 220 g/mol. The van der Waals surface area contributed by atoms with Crippen LogP contribution < -0.4 is 0 Å². The SMILES string of the molecule is CCCSCc1cccc(C=CC(=O)O)c1. The quantitative estimate of drug-likeness (QED) is 0.607. The van der Waals surface area contributed by atoms with Gasteiger partial charge in [0, 0.05) is 11.8 Å². The maximum atomic E-state index is 10.4. The first-order valence-electron chi connectivity index (χ1n) is 5.30. The highest BCUT2D eigenvalue weighted by Gasteiger charge is 1.95. The molecule has 0 aliphatic rings. The molecule has 0 aliphatic heterocycles. The molecule has 1 rings (SSSR count). The molecule has 0 aliphatic carbocycles. The molecule has 0 atom stereocenters. The summed E-state index contributed by atoms with van der Waals surface area (Å²) in [5, 5.41) is 8.53. The van der Waals surface area contributed by atoms with Gasteiger partial charge in [-0.25, -0.2) is 4.79 Å².